The largest absolute Gasteiger partial charge is 0.364 e. The number of rotatable bonds is 5. The molecule has 3 rings (SSSR count). The quantitative estimate of drug-likeness (QED) is 0.843. The molecule has 112 valence electrons. The monoisotopic (exact) mass is 286 g/mol. The maximum absolute atomic E-state index is 4.90. The Balaban J connectivity index is 1.66. The summed E-state index contributed by atoms with van der Waals surface area (Å²) in [5.41, 5.74) is 2.30. The average Bonchev–Trinajstić information content (AvgIpc) is 3.10. The highest BCUT2D eigenvalue weighted by Gasteiger charge is 2.33. The lowest BCUT2D eigenvalue weighted by Gasteiger charge is -2.28. The Bertz CT molecular complexity index is 543. The lowest BCUT2D eigenvalue weighted by Crippen LogP contribution is -2.30. The molecule has 2 aromatic heterocycles. The average molecular weight is 286 g/mol. The Labute approximate surface area is 125 Å². The van der Waals surface area contributed by atoms with Crippen LogP contribution in [-0.2, 0) is 6.54 Å². The summed E-state index contributed by atoms with van der Waals surface area (Å²) < 4.78 is 4.90. The second kappa shape index (κ2) is 6.37. The van der Waals surface area contributed by atoms with Crippen molar-refractivity contribution in [2.24, 2.45) is 5.92 Å². The molecule has 0 amide bonds. The van der Waals surface area contributed by atoms with Crippen LogP contribution in [0.5, 0.6) is 0 Å². The van der Waals surface area contributed by atoms with E-state index in [1.807, 2.05) is 24.5 Å². The SMILES string of the molecule is CN(Cc1ccon1)C[C@@H]1CCN(C)[C@H]1c1cccnc1. The van der Waals surface area contributed by atoms with Gasteiger partial charge in [-0.1, -0.05) is 11.2 Å². The van der Waals surface area contributed by atoms with E-state index < -0.39 is 0 Å². The molecule has 0 bridgehead atoms. The summed E-state index contributed by atoms with van der Waals surface area (Å²) >= 11 is 0. The Kier molecular flexibility index (Phi) is 4.31. The third-order valence-corrected chi connectivity index (χ3v) is 4.27. The normalized spacial score (nSPS) is 23.0. The van der Waals surface area contributed by atoms with Crippen LogP contribution in [0.1, 0.15) is 23.7 Å². The molecule has 0 radical (unpaired) electrons. The van der Waals surface area contributed by atoms with Gasteiger partial charge in [-0.15, -0.1) is 0 Å². The first-order chi connectivity index (χ1) is 10.2. The van der Waals surface area contributed by atoms with Crippen LogP contribution in [-0.4, -0.2) is 47.1 Å². The molecule has 2 aromatic rings. The van der Waals surface area contributed by atoms with E-state index in [-0.39, 0.29) is 0 Å². The molecule has 1 saturated heterocycles. The van der Waals surface area contributed by atoms with Crippen LogP contribution >= 0.6 is 0 Å². The number of aromatic nitrogens is 2. The molecule has 1 aliphatic rings. The Hall–Kier alpha value is -1.72. The molecule has 0 unspecified atom stereocenters. The summed E-state index contributed by atoms with van der Waals surface area (Å²) in [5.74, 6) is 0.621. The van der Waals surface area contributed by atoms with Crippen molar-refractivity contribution in [3.05, 3.63) is 48.1 Å². The smallest absolute Gasteiger partial charge is 0.124 e. The van der Waals surface area contributed by atoms with Gasteiger partial charge in [-0.25, -0.2) is 0 Å². The number of nitrogens with zero attached hydrogens (tertiary/aromatic N) is 4. The van der Waals surface area contributed by atoms with Gasteiger partial charge in [0.15, 0.2) is 0 Å². The summed E-state index contributed by atoms with van der Waals surface area (Å²) in [4.78, 5) is 9.04. The lowest BCUT2D eigenvalue weighted by molar-refractivity contribution is 0.210. The van der Waals surface area contributed by atoms with Crippen molar-refractivity contribution in [2.45, 2.75) is 19.0 Å². The van der Waals surface area contributed by atoms with Gasteiger partial charge in [0.25, 0.3) is 0 Å². The first-order valence-corrected chi connectivity index (χ1v) is 7.42. The van der Waals surface area contributed by atoms with Crippen molar-refractivity contribution in [2.75, 3.05) is 27.2 Å². The van der Waals surface area contributed by atoms with Gasteiger partial charge in [-0.3, -0.25) is 9.88 Å². The topological polar surface area (TPSA) is 45.4 Å². The highest BCUT2D eigenvalue weighted by Crippen LogP contribution is 2.36. The van der Waals surface area contributed by atoms with Gasteiger partial charge >= 0.3 is 0 Å². The van der Waals surface area contributed by atoms with Gasteiger partial charge in [-0.2, -0.15) is 0 Å². The maximum atomic E-state index is 4.90. The molecule has 0 spiro atoms. The predicted octanol–water partition coefficient (Wildman–Crippen LogP) is 2.19. The van der Waals surface area contributed by atoms with Crippen molar-refractivity contribution < 1.29 is 4.52 Å². The zero-order valence-electron chi connectivity index (χ0n) is 12.6. The van der Waals surface area contributed by atoms with E-state index in [1.165, 1.54) is 12.0 Å². The minimum Gasteiger partial charge on any atom is -0.364 e. The lowest BCUT2D eigenvalue weighted by atomic mass is 9.94. The van der Waals surface area contributed by atoms with E-state index in [0.717, 1.165) is 25.3 Å². The fourth-order valence-electron chi connectivity index (χ4n) is 3.36. The number of hydrogen-bond donors (Lipinski definition) is 0. The molecule has 5 heteroatoms. The first kappa shape index (κ1) is 14.2. The van der Waals surface area contributed by atoms with E-state index in [4.69, 9.17) is 4.52 Å². The van der Waals surface area contributed by atoms with Gasteiger partial charge in [0.2, 0.25) is 0 Å². The van der Waals surface area contributed by atoms with Crippen molar-refractivity contribution in [3.63, 3.8) is 0 Å². The number of hydrogen-bond acceptors (Lipinski definition) is 5. The molecule has 1 aliphatic heterocycles. The van der Waals surface area contributed by atoms with Crippen LogP contribution in [0.2, 0.25) is 0 Å². The zero-order valence-corrected chi connectivity index (χ0v) is 12.6. The predicted molar refractivity (Wildman–Crippen MR) is 80.6 cm³/mol. The van der Waals surface area contributed by atoms with E-state index in [2.05, 4.69) is 40.1 Å². The molecule has 2 atom stereocenters. The fraction of sp³-hybridized carbons (Fsp3) is 0.500. The van der Waals surface area contributed by atoms with Gasteiger partial charge in [-0.05, 0) is 44.6 Å². The summed E-state index contributed by atoms with van der Waals surface area (Å²) in [6.45, 7) is 3.02. The van der Waals surface area contributed by atoms with Crippen LogP contribution < -0.4 is 0 Å². The minimum absolute atomic E-state index is 0.457. The minimum atomic E-state index is 0.457. The summed E-state index contributed by atoms with van der Waals surface area (Å²) in [5, 5.41) is 3.99. The van der Waals surface area contributed by atoms with E-state index in [1.54, 1.807) is 6.26 Å². The Morgan fingerprint density at radius 1 is 1.43 bits per heavy atom. The van der Waals surface area contributed by atoms with Crippen molar-refractivity contribution in [1.82, 2.24) is 19.9 Å². The number of likely N-dealkylation sites (tertiary alicyclic amines) is 1. The van der Waals surface area contributed by atoms with Crippen LogP contribution in [0.3, 0.4) is 0 Å². The fourth-order valence-corrected chi connectivity index (χ4v) is 3.36. The Morgan fingerprint density at radius 3 is 3.05 bits per heavy atom. The molecule has 3 heterocycles. The molecule has 0 aromatic carbocycles. The highest BCUT2D eigenvalue weighted by molar-refractivity contribution is 5.17. The highest BCUT2D eigenvalue weighted by atomic mass is 16.5. The van der Waals surface area contributed by atoms with Crippen molar-refractivity contribution >= 4 is 0 Å². The summed E-state index contributed by atoms with van der Waals surface area (Å²) in [6, 6.07) is 6.59. The summed E-state index contributed by atoms with van der Waals surface area (Å²) in [7, 11) is 4.35. The zero-order chi connectivity index (χ0) is 14.7. The molecule has 0 saturated carbocycles. The van der Waals surface area contributed by atoms with Crippen molar-refractivity contribution in [1.29, 1.82) is 0 Å². The van der Waals surface area contributed by atoms with Gasteiger partial charge in [0, 0.05) is 37.6 Å². The molecule has 1 fully saturated rings. The standard InChI is InChI=1S/C16H22N4O/c1-19(12-15-6-9-21-18-15)11-14-5-8-20(2)16(14)13-4-3-7-17-10-13/h3-4,6-7,9-10,14,16H,5,8,11-12H2,1-2H3/t14-,16-/m0/s1. The molecular formula is C16H22N4O. The van der Waals surface area contributed by atoms with Gasteiger partial charge < -0.3 is 9.42 Å². The second-order valence-corrected chi connectivity index (χ2v) is 5.95. The number of pyridine rings is 1. The molecule has 21 heavy (non-hydrogen) atoms. The third kappa shape index (κ3) is 3.31. The van der Waals surface area contributed by atoms with Crippen LogP contribution in [0.15, 0.2) is 41.4 Å². The van der Waals surface area contributed by atoms with Gasteiger partial charge in [0.1, 0.15) is 6.26 Å². The van der Waals surface area contributed by atoms with Crippen LogP contribution in [0.4, 0.5) is 0 Å². The summed E-state index contributed by atoms with van der Waals surface area (Å²) in [6.07, 6.45) is 6.69. The van der Waals surface area contributed by atoms with E-state index >= 15 is 0 Å². The third-order valence-electron chi connectivity index (χ3n) is 4.27. The first-order valence-electron chi connectivity index (χ1n) is 7.42. The Morgan fingerprint density at radius 2 is 2.33 bits per heavy atom. The molecular weight excluding hydrogens is 264 g/mol. The van der Waals surface area contributed by atoms with Crippen LogP contribution in [0.25, 0.3) is 0 Å². The second-order valence-electron chi connectivity index (χ2n) is 5.95. The molecule has 0 aliphatic carbocycles. The van der Waals surface area contributed by atoms with Gasteiger partial charge in [0.05, 0.1) is 5.69 Å². The molecule has 5 nitrogen and oxygen atoms in total. The molecule has 0 N–H and O–H groups in total. The van der Waals surface area contributed by atoms with Crippen LogP contribution in [0, 0.1) is 5.92 Å². The maximum Gasteiger partial charge on any atom is 0.124 e. The van der Waals surface area contributed by atoms with E-state index in [0.29, 0.717) is 12.0 Å². The van der Waals surface area contributed by atoms with Crippen molar-refractivity contribution in [3.8, 4) is 0 Å². The van der Waals surface area contributed by atoms with E-state index in [9.17, 15) is 0 Å².